The zero-order valence-electron chi connectivity index (χ0n) is 10.6. The molecule has 16 heavy (non-hydrogen) atoms. The van der Waals surface area contributed by atoms with Crippen LogP contribution in [0.3, 0.4) is 0 Å². The van der Waals surface area contributed by atoms with Crippen LogP contribution in [0.2, 0.25) is 0 Å². The lowest BCUT2D eigenvalue weighted by Crippen LogP contribution is -2.20. The van der Waals surface area contributed by atoms with E-state index in [0.717, 1.165) is 0 Å². The molecule has 4 heteroatoms. The van der Waals surface area contributed by atoms with Gasteiger partial charge in [-0.25, -0.2) is 0 Å². The van der Waals surface area contributed by atoms with Crippen LogP contribution < -0.4 is 0 Å². The van der Waals surface area contributed by atoms with Crippen molar-refractivity contribution in [3.05, 3.63) is 0 Å². The van der Waals surface area contributed by atoms with Crippen LogP contribution in [0.1, 0.15) is 53.4 Å². The summed E-state index contributed by atoms with van der Waals surface area (Å²) in [6.07, 6.45) is 2.40. The molecule has 0 saturated heterocycles. The molecule has 0 saturated carbocycles. The first-order valence-corrected chi connectivity index (χ1v) is 5.51. The van der Waals surface area contributed by atoms with Crippen LogP contribution in [0, 0.1) is 22.7 Å². The first-order valence-electron chi connectivity index (χ1n) is 5.51. The van der Waals surface area contributed by atoms with E-state index < -0.39 is 0 Å². The maximum Gasteiger partial charge on any atom is 0.0770 e. The molecule has 0 aromatic rings. The number of hydrogen-bond donors (Lipinski definition) is 0. The van der Waals surface area contributed by atoms with Crippen molar-refractivity contribution >= 4 is 0 Å². The summed E-state index contributed by atoms with van der Waals surface area (Å²) in [5, 5.41) is 25.6. The van der Waals surface area contributed by atoms with Crippen LogP contribution in [0.15, 0.2) is 10.2 Å². The van der Waals surface area contributed by atoms with Gasteiger partial charge in [-0.3, -0.25) is 0 Å². The zero-order chi connectivity index (χ0) is 12.7. The van der Waals surface area contributed by atoms with Crippen molar-refractivity contribution in [3.8, 4) is 12.1 Å². The predicted octanol–water partition coefficient (Wildman–Crippen LogP) is 3.60. The average molecular weight is 220 g/mol. The van der Waals surface area contributed by atoms with Gasteiger partial charge in [0.15, 0.2) is 0 Å². The number of nitriles is 2. The maximum absolute atomic E-state index is 8.52. The van der Waals surface area contributed by atoms with Crippen molar-refractivity contribution in [3.63, 3.8) is 0 Å². The van der Waals surface area contributed by atoms with Crippen LogP contribution >= 0.6 is 0 Å². The molecule has 0 aliphatic heterocycles. The molecule has 0 bridgehead atoms. The van der Waals surface area contributed by atoms with Crippen LogP contribution in [0.4, 0.5) is 0 Å². The van der Waals surface area contributed by atoms with Crippen molar-refractivity contribution in [2.24, 2.45) is 10.2 Å². The van der Waals surface area contributed by atoms with Gasteiger partial charge in [0.25, 0.3) is 0 Å². The van der Waals surface area contributed by atoms with Gasteiger partial charge in [0, 0.05) is 12.8 Å². The highest BCUT2D eigenvalue weighted by atomic mass is 15.2. The van der Waals surface area contributed by atoms with Gasteiger partial charge in [-0.15, -0.1) is 0 Å². The molecular formula is C12H20N4. The second-order valence-electron chi connectivity index (χ2n) is 5.14. The molecule has 0 heterocycles. The minimum Gasteiger partial charge on any atom is -0.198 e. The summed E-state index contributed by atoms with van der Waals surface area (Å²) < 4.78 is 0. The van der Waals surface area contributed by atoms with E-state index in [1.807, 2.05) is 27.7 Å². The predicted molar refractivity (Wildman–Crippen MR) is 62.7 cm³/mol. The summed E-state index contributed by atoms with van der Waals surface area (Å²) in [7, 11) is 0. The van der Waals surface area contributed by atoms with E-state index in [1.54, 1.807) is 0 Å². The van der Waals surface area contributed by atoms with E-state index in [0.29, 0.717) is 25.7 Å². The molecule has 0 aliphatic carbocycles. The fourth-order valence-electron chi connectivity index (χ4n) is 1.09. The normalized spacial score (nSPS) is 12.4. The monoisotopic (exact) mass is 220 g/mol. The standard InChI is InChI=1S/C12H20N4/c1-11(2,7-5-9-13)15-16-12(3,4)8-6-10-14/h5-8H2,1-4H3. The van der Waals surface area contributed by atoms with Crippen molar-refractivity contribution in [1.29, 1.82) is 10.5 Å². The van der Waals surface area contributed by atoms with Gasteiger partial charge in [-0.05, 0) is 40.5 Å². The summed E-state index contributed by atoms with van der Waals surface area (Å²) >= 11 is 0. The molecule has 0 atom stereocenters. The third-order valence-electron chi connectivity index (χ3n) is 2.29. The van der Waals surface area contributed by atoms with Crippen LogP contribution in [-0.4, -0.2) is 11.1 Å². The molecule has 88 valence electrons. The molecule has 0 amide bonds. The molecule has 0 N–H and O–H groups in total. The fraction of sp³-hybridized carbons (Fsp3) is 0.833. The molecule has 0 fully saturated rings. The van der Waals surface area contributed by atoms with Gasteiger partial charge in [-0.2, -0.15) is 20.8 Å². The Labute approximate surface area is 98.0 Å². The lowest BCUT2D eigenvalue weighted by Gasteiger charge is -2.21. The van der Waals surface area contributed by atoms with Crippen molar-refractivity contribution in [2.45, 2.75) is 64.5 Å². The Morgan fingerprint density at radius 2 is 1.12 bits per heavy atom. The van der Waals surface area contributed by atoms with Gasteiger partial charge in [-0.1, -0.05) is 0 Å². The SMILES string of the molecule is CC(C)(CCC#N)N=NC(C)(C)CCC#N. The minimum atomic E-state index is -0.292. The van der Waals surface area contributed by atoms with Gasteiger partial charge in [0.05, 0.1) is 23.2 Å². The molecule has 4 nitrogen and oxygen atoms in total. The Balaban J connectivity index is 4.35. The number of nitrogens with zero attached hydrogens (tertiary/aromatic N) is 4. The van der Waals surface area contributed by atoms with Crippen molar-refractivity contribution in [1.82, 2.24) is 0 Å². The van der Waals surface area contributed by atoms with Crippen LogP contribution in [0.5, 0.6) is 0 Å². The fourth-order valence-corrected chi connectivity index (χ4v) is 1.09. The topological polar surface area (TPSA) is 72.3 Å². The lowest BCUT2D eigenvalue weighted by atomic mass is 9.99. The van der Waals surface area contributed by atoms with Crippen molar-refractivity contribution < 1.29 is 0 Å². The Kier molecular flexibility index (Phi) is 5.67. The third kappa shape index (κ3) is 6.95. The van der Waals surface area contributed by atoms with E-state index >= 15 is 0 Å². The van der Waals surface area contributed by atoms with E-state index in [4.69, 9.17) is 10.5 Å². The molecule has 0 radical (unpaired) electrons. The van der Waals surface area contributed by atoms with Crippen LogP contribution in [-0.2, 0) is 0 Å². The van der Waals surface area contributed by atoms with Crippen LogP contribution in [0.25, 0.3) is 0 Å². The smallest absolute Gasteiger partial charge is 0.0770 e. The quantitative estimate of drug-likeness (QED) is 0.641. The highest BCUT2D eigenvalue weighted by molar-refractivity contribution is 4.86. The second-order valence-corrected chi connectivity index (χ2v) is 5.14. The molecule has 0 spiro atoms. The first kappa shape index (κ1) is 14.6. The Hall–Kier alpha value is -1.42. The van der Waals surface area contributed by atoms with E-state index in [2.05, 4.69) is 22.4 Å². The van der Waals surface area contributed by atoms with Gasteiger partial charge in [0.2, 0.25) is 0 Å². The van der Waals surface area contributed by atoms with Crippen molar-refractivity contribution in [2.75, 3.05) is 0 Å². The maximum atomic E-state index is 8.52. The average Bonchev–Trinajstić information content (AvgIpc) is 2.22. The Bertz CT molecular complexity index is 283. The summed E-state index contributed by atoms with van der Waals surface area (Å²) in [5.74, 6) is 0. The van der Waals surface area contributed by atoms with E-state index in [9.17, 15) is 0 Å². The third-order valence-corrected chi connectivity index (χ3v) is 2.29. The summed E-state index contributed by atoms with van der Waals surface area (Å²) in [6.45, 7) is 7.87. The Morgan fingerprint density at radius 1 is 0.812 bits per heavy atom. The Morgan fingerprint density at radius 3 is 1.38 bits per heavy atom. The molecule has 0 aromatic heterocycles. The number of azo groups is 1. The second kappa shape index (κ2) is 6.23. The largest absolute Gasteiger partial charge is 0.198 e. The molecular weight excluding hydrogens is 200 g/mol. The lowest BCUT2D eigenvalue weighted by molar-refractivity contribution is 0.392. The van der Waals surface area contributed by atoms with Gasteiger partial charge >= 0.3 is 0 Å². The highest BCUT2D eigenvalue weighted by Gasteiger charge is 2.20. The molecule has 0 unspecified atom stereocenters. The van der Waals surface area contributed by atoms with E-state index in [-0.39, 0.29) is 11.1 Å². The summed E-state index contributed by atoms with van der Waals surface area (Å²) in [4.78, 5) is 0. The number of hydrogen-bond acceptors (Lipinski definition) is 4. The first-order chi connectivity index (χ1) is 7.33. The summed E-state index contributed by atoms with van der Waals surface area (Å²) in [5.41, 5.74) is -0.584. The molecule has 0 aliphatic rings. The van der Waals surface area contributed by atoms with Gasteiger partial charge < -0.3 is 0 Å². The zero-order valence-corrected chi connectivity index (χ0v) is 10.6. The highest BCUT2D eigenvalue weighted by Crippen LogP contribution is 2.22. The minimum absolute atomic E-state index is 0.292. The molecule has 0 aromatic carbocycles. The van der Waals surface area contributed by atoms with Gasteiger partial charge in [0.1, 0.15) is 0 Å². The number of rotatable bonds is 6. The van der Waals surface area contributed by atoms with E-state index in [1.165, 1.54) is 0 Å². The summed E-state index contributed by atoms with van der Waals surface area (Å²) in [6, 6.07) is 4.22. The molecule has 0 rings (SSSR count).